The number of aryl methyl sites for hydroxylation is 1. The minimum absolute atomic E-state index is 0.255. The fourth-order valence-electron chi connectivity index (χ4n) is 1.34. The quantitative estimate of drug-likeness (QED) is 0.765. The molecule has 1 aromatic carbocycles. The van der Waals surface area contributed by atoms with Crippen LogP contribution >= 0.6 is 15.9 Å². The van der Waals surface area contributed by atoms with E-state index in [-0.39, 0.29) is 5.82 Å². The number of rotatable bonds is 1. The van der Waals surface area contributed by atoms with Crippen molar-refractivity contribution in [1.82, 2.24) is 9.55 Å². The summed E-state index contributed by atoms with van der Waals surface area (Å²) in [6.45, 7) is 1.83. The van der Waals surface area contributed by atoms with Crippen LogP contribution in [0.3, 0.4) is 0 Å². The minimum Gasteiger partial charge on any atom is -0.288 e. The third kappa shape index (κ3) is 1.46. The molecule has 0 saturated heterocycles. The predicted octanol–water partition coefficient (Wildman–Crippen LogP) is 3.08. The number of hydrogen-bond donors (Lipinski definition) is 0. The molecular weight excluding hydrogens is 247 g/mol. The topological polar surface area (TPSA) is 17.8 Å². The molecule has 2 rings (SSSR count). The summed E-state index contributed by atoms with van der Waals surface area (Å²) in [5.41, 5.74) is 0.509. The van der Waals surface area contributed by atoms with Gasteiger partial charge in [-0.3, -0.25) is 4.57 Å². The van der Waals surface area contributed by atoms with Gasteiger partial charge in [0, 0.05) is 0 Å². The Morgan fingerprint density at radius 1 is 1.36 bits per heavy atom. The highest BCUT2D eigenvalue weighted by Gasteiger charge is 2.09. The average molecular weight is 255 g/mol. The van der Waals surface area contributed by atoms with E-state index in [0.29, 0.717) is 5.69 Å². The molecule has 0 unspecified atom stereocenters. The Balaban J connectivity index is 2.66. The summed E-state index contributed by atoms with van der Waals surface area (Å²) >= 11 is 3.32. The van der Waals surface area contributed by atoms with Gasteiger partial charge in [0.1, 0.15) is 16.2 Å². The van der Waals surface area contributed by atoms with Crippen LogP contribution in [0.15, 0.2) is 35.1 Å². The van der Waals surface area contributed by atoms with Crippen LogP contribution in [0.4, 0.5) is 4.39 Å². The number of halogens is 2. The maximum Gasteiger partial charge on any atom is 0.147 e. The molecule has 0 aliphatic carbocycles. The summed E-state index contributed by atoms with van der Waals surface area (Å²) in [5, 5.41) is 0. The molecule has 0 spiro atoms. The van der Waals surface area contributed by atoms with Crippen LogP contribution in [-0.2, 0) is 0 Å². The number of nitrogens with zero attached hydrogens (tertiary/aromatic N) is 2. The van der Waals surface area contributed by atoms with Gasteiger partial charge in [0.15, 0.2) is 0 Å². The molecule has 0 saturated carbocycles. The Morgan fingerprint density at radius 2 is 2.07 bits per heavy atom. The van der Waals surface area contributed by atoms with Crippen molar-refractivity contribution in [3.8, 4) is 5.69 Å². The van der Waals surface area contributed by atoms with Crippen LogP contribution in [0.1, 0.15) is 5.82 Å². The lowest BCUT2D eigenvalue weighted by Gasteiger charge is -2.07. The third-order valence-corrected chi connectivity index (χ3v) is 2.55. The van der Waals surface area contributed by atoms with E-state index in [4.69, 9.17) is 0 Å². The fourth-order valence-corrected chi connectivity index (χ4v) is 1.89. The Labute approximate surface area is 89.5 Å². The number of benzene rings is 1. The van der Waals surface area contributed by atoms with Gasteiger partial charge in [0.2, 0.25) is 0 Å². The predicted molar refractivity (Wildman–Crippen MR) is 56.0 cm³/mol. The number of para-hydroxylation sites is 1. The van der Waals surface area contributed by atoms with E-state index < -0.39 is 0 Å². The fraction of sp³-hybridized carbons (Fsp3) is 0.100. The Morgan fingerprint density at radius 3 is 2.64 bits per heavy atom. The standard InChI is InChI=1S/C10H8BrFN2/c1-7-13-6-10(11)14(7)9-5-3-2-4-8(9)12/h2-6H,1H3. The second kappa shape index (κ2) is 3.53. The highest BCUT2D eigenvalue weighted by atomic mass is 79.9. The van der Waals surface area contributed by atoms with Crippen LogP contribution in [0.25, 0.3) is 5.69 Å². The zero-order valence-electron chi connectivity index (χ0n) is 7.54. The van der Waals surface area contributed by atoms with E-state index >= 15 is 0 Å². The summed E-state index contributed by atoms with van der Waals surface area (Å²) in [6.07, 6.45) is 1.65. The van der Waals surface area contributed by atoms with Gasteiger partial charge in [-0.2, -0.15) is 0 Å². The van der Waals surface area contributed by atoms with Gasteiger partial charge in [-0.25, -0.2) is 9.37 Å². The lowest BCUT2D eigenvalue weighted by atomic mass is 10.3. The number of aromatic nitrogens is 2. The Kier molecular flexibility index (Phi) is 2.37. The first-order valence-corrected chi connectivity index (χ1v) is 4.94. The van der Waals surface area contributed by atoms with Crippen molar-refractivity contribution in [3.05, 3.63) is 46.7 Å². The van der Waals surface area contributed by atoms with Crippen molar-refractivity contribution in [2.45, 2.75) is 6.92 Å². The van der Waals surface area contributed by atoms with Crippen LogP contribution in [-0.4, -0.2) is 9.55 Å². The molecule has 0 aliphatic heterocycles. The van der Waals surface area contributed by atoms with Crippen molar-refractivity contribution in [2.24, 2.45) is 0 Å². The molecule has 0 radical (unpaired) electrons. The molecule has 72 valence electrons. The zero-order valence-corrected chi connectivity index (χ0v) is 9.12. The first-order chi connectivity index (χ1) is 6.70. The normalized spacial score (nSPS) is 10.5. The van der Waals surface area contributed by atoms with Gasteiger partial charge in [-0.05, 0) is 35.0 Å². The van der Waals surface area contributed by atoms with Crippen molar-refractivity contribution >= 4 is 15.9 Å². The van der Waals surface area contributed by atoms with Crippen molar-refractivity contribution in [3.63, 3.8) is 0 Å². The van der Waals surface area contributed by atoms with Gasteiger partial charge in [0.25, 0.3) is 0 Å². The number of imidazole rings is 1. The SMILES string of the molecule is Cc1ncc(Br)n1-c1ccccc1F. The molecule has 0 aliphatic rings. The molecule has 1 aromatic heterocycles. The first-order valence-electron chi connectivity index (χ1n) is 4.15. The first kappa shape index (κ1) is 9.40. The van der Waals surface area contributed by atoms with E-state index in [9.17, 15) is 4.39 Å². The molecule has 0 amide bonds. The Hall–Kier alpha value is -1.16. The molecule has 2 aromatic rings. The van der Waals surface area contributed by atoms with Crippen LogP contribution in [0.2, 0.25) is 0 Å². The maximum atomic E-state index is 13.4. The highest BCUT2D eigenvalue weighted by Crippen LogP contribution is 2.21. The lowest BCUT2D eigenvalue weighted by molar-refractivity contribution is 0.615. The van der Waals surface area contributed by atoms with Crippen LogP contribution in [0.5, 0.6) is 0 Å². The van der Waals surface area contributed by atoms with Crippen LogP contribution < -0.4 is 0 Å². The summed E-state index contributed by atoms with van der Waals surface area (Å²) < 4.78 is 15.9. The third-order valence-electron chi connectivity index (χ3n) is 1.99. The maximum absolute atomic E-state index is 13.4. The van der Waals surface area contributed by atoms with E-state index in [0.717, 1.165) is 10.4 Å². The molecule has 0 bridgehead atoms. The van der Waals surface area contributed by atoms with Gasteiger partial charge in [-0.1, -0.05) is 12.1 Å². The van der Waals surface area contributed by atoms with Crippen molar-refractivity contribution in [1.29, 1.82) is 0 Å². The zero-order chi connectivity index (χ0) is 10.1. The van der Waals surface area contributed by atoms with Gasteiger partial charge in [-0.15, -0.1) is 0 Å². The van der Waals surface area contributed by atoms with Crippen LogP contribution in [0, 0.1) is 12.7 Å². The summed E-state index contributed by atoms with van der Waals surface area (Å²) in [4.78, 5) is 4.08. The van der Waals surface area contributed by atoms with Crippen molar-refractivity contribution in [2.75, 3.05) is 0 Å². The molecule has 1 heterocycles. The molecule has 0 atom stereocenters. The second-order valence-corrected chi connectivity index (χ2v) is 3.73. The van der Waals surface area contributed by atoms with Gasteiger partial charge < -0.3 is 0 Å². The molecule has 0 N–H and O–H groups in total. The van der Waals surface area contributed by atoms with Gasteiger partial charge in [0.05, 0.1) is 11.9 Å². The molecule has 14 heavy (non-hydrogen) atoms. The Bertz CT molecular complexity index is 445. The lowest BCUT2D eigenvalue weighted by Crippen LogP contribution is -1.99. The number of hydrogen-bond acceptors (Lipinski definition) is 1. The van der Waals surface area contributed by atoms with E-state index in [1.807, 2.05) is 6.92 Å². The van der Waals surface area contributed by atoms with E-state index in [1.165, 1.54) is 6.07 Å². The summed E-state index contributed by atoms with van der Waals surface area (Å²) in [6, 6.07) is 6.61. The highest BCUT2D eigenvalue weighted by molar-refractivity contribution is 9.10. The monoisotopic (exact) mass is 254 g/mol. The molecule has 2 nitrogen and oxygen atoms in total. The average Bonchev–Trinajstić information content (AvgIpc) is 2.48. The molecule has 0 fully saturated rings. The molecular formula is C10H8BrFN2. The minimum atomic E-state index is -0.255. The van der Waals surface area contributed by atoms with E-state index in [1.54, 1.807) is 29.0 Å². The van der Waals surface area contributed by atoms with Crippen molar-refractivity contribution < 1.29 is 4.39 Å². The van der Waals surface area contributed by atoms with E-state index in [2.05, 4.69) is 20.9 Å². The second-order valence-electron chi connectivity index (χ2n) is 2.91. The summed E-state index contributed by atoms with van der Waals surface area (Å²) in [5.74, 6) is 0.497. The largest absolute Gasteiger partial charge is 0.288 e. The summed E-state index contributed by atoms with van der Waals surface area (Å²) in [7, 11) is 0. The molecule has 4 heteroatoms. The van der Waals surface area contributed by atoms with Gasteiger partial charge >= 0.3 is 0 Å². The smallest absolute Gasteiger partial charge is 0.147 e.